The first kappa shape index (κ1) is 9.26. The fraction of sp³-hybridized carbons (Fsp3) is 0.833. The van der Waals surface area contributed by atoms with Crippen LogP contribution in [0.1, 0.15) is 32.6 Å². The van der Waals surface area contributed by atoms with Gasteiger partial charge in [0, 0.05) is 6.61 Å². The van der Waals surface area contributed by atoms with Crippen LogP contribution in [0.5, 0.6) is 0 Å². The molecule has 4 unspecified atom stereocenters. The zero-order valence-corrected chi connectivity index (χ0v) is 8.45. The molecule has 0 amide bonds. The zero-order chi connectivity index (χ0) is 9.26. The predicted octanol–water partition coefficient (Wildman–Crippen LogP) is 2.61. The molecule has 0 heterocycles. The van der Waals surface area contributed by atoms with E-state index in [9.17, 15) is 0 Å². The molecule has 1 heteroatoms. The second kappa shape index (κ2) is 3.83. The van der Waals surface area contributed by atoms with Gasteiger partial charge in [0.25, 0.3) is 0 Å². The van der Waals surface area contributed by atoms with Gasteiger partial charge in [0.15, 0.2) is 0 Å². The average Bonchev–Trinajstić information content (AvgIpc) is 2.69. The van der Waals surface area contributed by atoms with Crippen molar-refractivity contribution >= 4 is 0 Å². The van der Waals surface area contributed by atoms with E-state index in [0.717, 1.165) is 30.1 Å². The molecule has 4 atom stereocenters. The van der Waals surface area contributed by atoms with Gasteiger partial charge in [-0.15, -0.1) is 0 Å². The lowest BCUT2D eigenvalue weighted by Crippen LogP contribution is -2.20. The fourth-order valence-corrected chi connectivity index (χ4v) is 3.37. The maximum absolute atomic E-state index is 9.02. The Morgan fingerprint density at radius 1 is 1.15 bits per heavy atom. The number of aliphatic hydroxyl groups is 1. The van der Waals surface area contributed by atoms with Crippen LogP contribution in [0.25, 0.3) is 0 Å². The Morgan fingerprint density at radius 3 is 2.31 bits per heavy atom. The number of allylic oxidation sites excluding steroid dienone is 2. The molecule has 74 valence electrons. The van der Waals surface area contributed by atoms with E-state index in [1.54, 1.807) is 0 Å². The van der Waals surface area contributed by atoms with Crippen molar-refractivity contribution in [3.8, 4) is 0 Å². The molecule has 0 aromatic carbocycles. The molecule has 2 aliphatic rings. The van der Waals surface area contributed by atoms with E-state index in [1.807, 2.05) is 0 Å². The molecule has 1 nitrogen and oxygen atoms in total. The maximum atomic E-state index is 9.02. The molecule has 13 heavy (non-hydrogen) atoms. The molecule has 2 rings (SSSR count). The minimum atomic E-state index is 0.377. The summed E-state index contributed by atoms with van der Waals surface area (Å²) in [6, 6.07) is 0. The van der Waals surface area contributed by atoms with E-state index in [0.29, 0.717) is 6.61 Å². The van der Waals surface area contributed by atoms with Gasteiger partial charge in [-0.3, -0.25) is 0 Å². The van der Waals surface area contributed by atoms with Crippen molar-refractivity contribution in [1.29, 1.82) is 0 Å². The van der Waals surface area contributed by atoms with E-state index in [4.69, 9.17) is 5.11 Å². The summed E-state index contributed by atoms with van der Waals surface area (Å²) in [5.74, 6) is 3.32. The van der Waals surface area contributed by atoms with Gasteiger partial charge in [0.2, 0.25) is 0 Å². The van der Waals surface area contributed by atoms with Crippen LogP contribution in [0.2, 0.25) is 0 Å². The van der Waals surface area contributed by atoms with Crippen molar-refractivity contribution in [1.82, 2.24) is 0 Å². The highest BCUT2D eigenvalue weighted by Gasteiger charge is 2.42. The van der Waals surface area contributed by atoms with Crippen molar-refractivity contribution in [3.05, 3.63) is 12.2 Å². The highest BCUT2D eigenvalue weighted by atomic mass is 16.3. The molecule has 1 fully saturated rings. The largest absolute Gasteiger partial charge is 0.396 e. The monoisotopic (exact) mass is 180 g/mol. The van der Waals surface area contributed by atoms with Crippen LogP contribution in [0, 0.1) is 23.7 Å². The summed E-state index contributed by atoms with van der Waals surface area (Å²) in [5.41, 5.74) is 0. The van der Waals surface area contributed by atoms with Gasteiger partial charge in [-0.2, -0.15) is 0 Å². The van der Waals surface area contributed by atoms with Crippen molar-refractivity contribution in [3.63, 3.8) is 0 Å². The quantitative estimate of drug-likeness (QED) is 0.659. The van der Waals surface area contributed by atoms with E-state index in [1.165, 1.54) is 19.3 Å². The summed E-state index contributed by atoms with van der Waals surface area (Å²) >= 11 is 0. The highest BCUT2D eigenvalue weighted by Crippen LogP contribution is 2.50. The van der Waals surface area contributed by atoms with Crippen LogP contribution < -0.4 is 0 Å². The molecule has 0 radical (unpaired) electrons. The van der Waals surface area contributed by atoms with Gasteiger partial charge in [0.05, 0.1) is 0 Å². The summed E-state index contributed by atoms with van der Waals surface area (Å²) < 4.78 is 0. The lowest BCUT2D eigenvalue weighted by atomic mass is 9.79. The SMILES string of the molecule is CCCC1C2C=CC(C2)C1CCO. The summed E-state index contributed by atoms with van der Waals surface area (Å²) in [5, 5.41) is 9.02. The number of aliphatic hydroxyl groups excluding tert-OH is 1. The van der Waals surface area contributed by atoms with Crippen molar-refractivity contribution in [2.75, 3.05) is 6.61 Å². The molecule has 1 N–H and O–H groups in total. The third-order valence-corrected chi connectivity index (χ3v) is 3.88. The number of fused-ring (bicyclic) bond motifs is 2. The number of rotatable bonds is 4. The average molecular weight is 180 g/mol. The van der Waals surface area contributed by atoms with Crippen molar-refractivity contribution < 1.29 is 5.11 Å². The van der Waals surface area contributed by atoms with Crippen molar-refractivity contribution in [2.45, 2.75) is 32.6 Å². The smallest absolute Gasteiger partial charge is 0.0433 e. The van der Waals surface area contributed by atoms with Crippen molar-refractivity contribution in [2.24, 2.45) is 23.7 Å². The Balaban J connectivity index is 2.02. The van der Waals surface area contributed by atoms with Gasteiger partial charge in [-0.25, -0.2) is 0 Å². The maximum Gasteiger partial charge on any atom is 0.0433 e. The van der Waals surface area contributed by atoms with Crippen LogP contribution in [-0.2, 0) is 0 Å². The Kier molecular flexibility index (Phi) is 2.73. The fourth-order valence-electron chi connectivity index (χ4n) is 3.37. The highest BCUT2D eigenvalue weighted by molar-refractivity contribution is 5.13. The van der Waals surface area contributed by atoms with E-state index >= 15 is 0 Å². The molecule has 2 bridgehead atoms. The normalized spacial score (nSPS) is 41.7. The summed E-state index contributed by atoms with van der Waals surface area (Å²) in [6.45, 7) is 2.65. The number of hydrogen-bond acceptors (Lipinski definition) is 1. The summed E-state index contributed by atoms with van der Waals surface area (Å²) in [4.78, 5) is 0. The molecule has 1 saturated carbocycles. The Hall–Kier alpha value is -0.300. The van der Waals surface area contributed by atoms with Gasteiger partial charge in [-0.1, -0.05) is 25.5 Å². The molecule has 0 saturated heterocycles. The molecular formula is C12H20O. The van der Waals surface area contributed by atoms with Gasteiger partial charge < -0.3 is 5.11 Å². The lowest BCUT2D eigenvalue weighted by molar-refractivity contribution is 0.201. The predicted molar refractivity (Wildman–Crippen MR) is 54.3 cm³/mol. The van der Waals surface area contributed by atoms with Crippen LogP contribution in [0.3, 0.4) is 0 Å². The molecule has 0 spiro atoms. The second-order valence-electron chi connectivity index (χ2n) is 4.58. The first-order chi connectivity index (χ1) is 6.36. The zero-order valence-electron chi connectivity index (χ0n) is 8.45. The second-order valence-corrected chi connectivity index (χ2v) is 4.58. The molecule has 0 aliphatic heterocycles. The van der Waals surface area contributed by atoms with Gasteiger partial charge in [-0.05, 0) is 42.9 Å². The summed E-state index contributed by atoms with van der Waals surface area (Å²) in [7, 11) is 0. The third kappa shape index (κ3) is 1.54. The Bertz CT molecular complexity index is 177. The summed E-state index contributed by atoms with van der Waals surface area (Å²) in [6.07, 6.45) is 9.85. The van der Waals surface area contributed by atoms with E-state index in [2.05, 4.69) is 19.1 Å². The topological polar surface area (TPSA) is 20.2 Å². The lowest BCUT2D eigenvalue weighted by Gasteiger charge is -2.27. The Labute approximate surface area is 80.8 Å². The Morgan fingerprint density at radius 2 is 1.77 bits per heavy atom. The molecule has 0 aromatic heterocycles. The molecule has 0 aromatic rings. The van der Waals surface area contributed by atoms with Crippen LogP contribution in [0.15, 0.2) is 12.2 Å². The van der Waals surface area contributed by atoms with E-state index < -0.39 is 0 Å². The minimum Gasteiger partial charge on any atom is -0.396 e. The molecule has 2 aliphatic carbocycles. The van der Waals surface area contributed by atoms with E-state index in [-0.39, 0.29) is 0 Å². The van der Waals surface area contributed by atoms with Gasteiger partial charge >= 0.3 is 0 Å². The van der Waals surface area contributed by atoms with Crippen LogP contribution in [0.4, 0.5) is 0 Å². The first-order valence-corrected chi connectivity index (χ1v) is 5.66. The van der Waals surface area contributed by atoms with Crippen LogP contribution >= 0.6 is 0 Å². The van der Waals surface area contributed by atoms with Crippen LogP contribution in [-0.4, -0.2) is 11.7 Å². The first-order valence-electron chi connectivity index (χ1n) is 5.66. The van der Waals surface area contributed by atoms with Gasteiger partial charge in [0.1, 0.15) is 0 Å². The minimum absolute atomic E-state index is 0.377. The number of hydrogen-bond donors (Lipinski definition) is 1. The molecular weight excluding hydrogens is 160 g/mol. The standard InChI is InChI=1S/C12H20O/c1-2-3-11-9-4-5-10(8-9)12(11)6-7-13/h4-5,9-13H,2-3,6-8H2,1H3. The third-order valence-electron chi connectivity index (χ3n) is 3.88.